The summed E-state index contributed by atoms with van der Waals surface area (Å²) < 4.78 is 18.9. The van der Waals surface area contributed by atoms with Gasteiger partial charge >= 0.3 is 5.69 Å². The third-order valence-corrected chi connectivity index (χ3v) is 4.59. The van der Waals surface area contributed by atoms with Gasteiger partial charge in [-0.05, 0) is 48.0 Å². The van der Waals surface area contributed by atoms with E-state index in [0.717, 1.165) is 18.2 Å². The van der Waals surface area contributed by atoms with Gasteiger partial charge in [0.2, 0.25) is 5.75 Å². The highest BCUT2D eigenvalue weighted by molar-refractivity contribution is 5.90. The van der Waals surface area contributed by atoms with E-state index >= 15 is 0 Å². The number of nitriles is 1. The number of nitro benzene ring substituents is 2. The Morgan fingerprint density at radius 2 is 1.82 bits per heavy atom. The smallest absolute Gasteiger partial charge is 0.318 e. The molecule has 0 aliphatic rings. The lowest BCUT2D eigenvalue weighted by atomic mass is 10.1. The molecule has 33 heavy (non-hydrogen) atoms. The molecule has 0 saturated carbocycles. The number of fused-ring (bicyclic) bond motifs is 1. The lowest BCUT2D eigenvalue weighted by Crippen LogP contribution is -1.96. The predicted molar refractivity (Wildman–Crippen MR) is 116 cm³/mol. The fourth-order valence-electron chi connectivity index (χ4n) is 3.04. The summed E-state index contributed by atoms with van der Waals surface area (Å²) in [6.45, 7) is 0. The summed E-state index contributed by atoms with van der Waals surface area (Å²) in [5.41, 5.74) is 0.837. The number of nitrogens with zero attached hydrogens (tertiary/aromatic N) is 4. The minimum atomic E-state index is -0.766. The molecule has 0 spiro atoms. The van der Waals surface area contributed by atoms with Gasteiger partial charge in [-0.15, -0.1) is 0 Å². The molecule has 0 unspecified atom stereocenters. The maximum Gasteiger partial charge on any atom is 0.318 e. The molecule has 0 bridgehead atoms. The molecular weight excluding hydrogens is 433 g/mol. The maximum atomic E-state index is 13.4. The van der Waals surface area contributed by atoms with Crippen molar-refractivity contribution in [3.63, 3.8) is 0 Å². The Morgan fingerprint density at radius 3 is 2.48 bits per heavy atom. The number of H-pyrrole nitrogens is 1. The molecule has 0 radical (unpaired) electrons. The first-order valence-corrected chi connectivity index (χ1v) is 9.32. The molecule has 10 nitrogen and oxygen atoms in total. The Bertz CT molecular complexity index is 1470. The summed E-state index contributed by atoms with van der Waals surface area (Å²) in [5, 5.41) is 31.6. The van der Waals surface area contributed by atoms with Crippen molar-refractivity contribution in [2.45, 2.75) is 0 Å². The molecule has 0 fully saturated rings. The van der Waals surface area contributed by atoms with Crippen molar-refractivity contribution >= 4 is 34.1 Å². The lowest BCUT2D eigenvalue weighted by Gasteiger charge is -2.06. The van der Waals surface area contributed by atoms with Gasteiger partial charge in [0.25, 0.3) is 5.69 Å². The summed E-state index contributed by atoms with van der Waals surface area (Å²) in [5.74, 6) is -0.0492. The van der Waals surface area contributed by atoms with E-state index in [1.165, 1.54) is 30.3 Å². The molecule has 1 N–H and O–H groups in total. The van der Waals surface area contributed by atoms with Gasteiger partial charge in [0, 0.05) is 6.07 Å². The minimum Gasteiger partial charge on any atom is -0.450 e. The second kappa shape index (κ2) is 8.56. The fraction of sp³-hybridized carbons (Fsp3) is 0. The molecule has 1 heterocycles. The second-order valence-electron chi connectivity index (χ2n) is 6.75. The molecule has 1 aromatic heterocycles. The van der Waals surface area contributed by atoms with E-state index < -0.39 is 27.0 Å². The molecule has 4 aromatic rings. The topological polar surface area (TPSA) is 148 Å². The molecule has 0 aliphatic heterocycles. The zero-order chi connectivity index (χ0) is 23.5. The van der Waals surface area contributed by atoms with Crippen molar-refractivity contribution in [3.8, 4) is 17.6 Å². The molecule has 0 aliphatic carbocycles. The maximum absolute atomic E-state index is 13.4. The predicted octanol–water partition coefficient (Wildman–Crippen LogP) is 5.37. The minimum absolute atomic E-state index is 0.152. The quantitative estimate of drug-likeness (QED) is 0.238. The van der Waals surface area contributed by atoms with Crippen molar-refractivity contribution in [2.75, 3.05) is 0 Å². The van der Waals surface area contributed by atoms with Crippen LogP contribution in [0.1, 0.15) is 11.4 Å². The van der Waals surface area contributed by atoms with Gasteiger partial charge in [-0.3, -0.25) is 20.2 Å². The zero-order valence-electron chi connectivity index (χ0n) is 16.6. The van der Waals surface area contributed by atoms with E-state index in [0.29, 0.717) is 16.6 Å². The third kappa shape index (κ3) is 4.49. The van der Waals surface area contributed by atoms with Crippen LogP contribution in [0.25, 0.3) is 22.7 Å². The van der Waals surface area contributed by atoms with Crippen molar-refractivity contribution < 1.29 is 19.0 Å². The number of aromatic amines is 1. The highest BCUT2D eigenvalue weighted by Crippen LogP contribution is 2.34. The number of nitrogens with one attached hydrogen (secondary N) is 1. The fourth-order valence-corrected chi connectivity index (χ4v) is 3.04. The molecule has 0 atom stereocenters. The Hall–Kier alpha value is -5.11. The van der Waals surface area contributed by atoms with Crippen LogP contribution in [-0.2, 0) is 0 Å². The van der Waals surface area contributed by atoms with Crippen LogP contribution in [-0.4, -0.2) is 19.8 Å². The number of hydrogen-bond acceptors (Lipinski definition) is 7. The lowest BCUT2D eigenvalue weighted by molar-refractivity contribution is -0.394. The zero-order valence-corrected chi connectivity index (χ0v) is 16.6. The van der Waals surface area contributed by atoms with Crippen molar-refractivity contribution in [1.29, 1.82) is 5.26 Å². The van der Waals surface area contributed by atoms with Crippen LogP contribution in [0.15, 0.2) is 60.7 Å². The van der Waals surface area contributed by atoms with Gasteiger partial charge in [0.05, 0.1) is 32.5 Å². The van der Waals surface area contributed by atoms with E-state index in [2.05, 4.69) is 9.97 Å². The Labute approximate surface area is 184 Å². The summed E-state index contributed by atoms with van der Waals surface area (Å²) in [6, 6.07) is 15.5. The van der Waals surface area contributed by atoms with Gasteiger partial charge in [-0.25, -0.2) is 9.37 Å². The molecule has 11 heteroatoms. The summed E-state index contributed by atoms with van der Waals surface area (Å²) >= 11 is 0. The number of halogens is 1. The SMILES string of the molecule is N#C/C(=C/c1ccc(Oc2ccc([N+](=O)[O-])cc2[N+](=O)[O-])cc1)c1nc2ccc(F)cc2[nH]1. The van der Waals surface area contributed by atoms with Crippen LogP contribution in [0.5, 0.6) is 11.5 Å². The van der Waals surface area contributed by atoms with Gasteiger partial charge < -0.3 is 9.72 Å². The largest absolute Gasteiger partial charge is 0.450 e. The summed E-state index contributed by atoms with van der Waals surface area (Å²) in [4.78, 5) is 27.8. The van der Waals surface area contributed by atoms with Crippen LogP contribution in [0.3, 0.4) is 0 Å². The number of rotatable bonds is 6. The van der Waals surface area contributed by atoms with Crippen molar-refractivity contribution in [1.82, 2.24) is 9.97 Å². The number of non-ortho nitro benzene ring substituents is 1. The molecule has 162 valence electrons. The van der Waals surface area contributed by atoms with Crippen LogP contribution in [0.2, 0.25) is 0 Å². The normalized spacial score (nSPS) is 11.2. The standard InChI is InChI=1S/C22H12FN5O5/c23-15-3-7-18-19(10-15)26-22(25-18)14(12-24)9-13-1-5-17(6-2-13)33-21-8-4-16(27(29)30)11-20(21)28(31)32/h1-11H,(H,25,26)/b14-9-. The number of aromatic nitrogens is 2. The van der Waals surface area contributed by atoms with Crippen LogP contribution in [0.4, 0.5) is 15.8 Å². The molecule has 0 amide bonds. The van der Waals surface area contributed by atoms with Gasteiger partial charge in [-0.1, -0.05) is 12.1 Å². The monoisotopic (exact) mass is 445 g/mol. The van der Waals surface area contributed by atoms with Crippen LogP contribution >= 0.6 is 0 Å². The number of hydrogen-bond donors (Lipinski definition) is 1. The number of imidazole rings is 1. The molecule has 0 saturated heterocycles. The molecule has 3 aromatic carbocycles. The highest BCUT2D eigenvalue weighted by Gasteiger charge is 2.21. The van der Waals surface area contributed by atoms with Crippen molar-refractivity contribution in [3.05, 3.63) is 98.1 Å². The first-order valence-electron chi connectivity index (χ1n) is 9.32. The summed E-state index contributed by atoms with van der Waals surface area (Å²) in [7, 11) is 0. The third-order valence-electron chi connectivity index (χ3n) is 4.59. The number of nitro groups is 2. The second-order valence-corrected chi connectivity index (χ2v) is 6.75. The van der Waals surface area contributed by atoms with E-state index in [-0.39, 0.29) is 22.9 Å². The van der Waals surface area contributed by atoms with Gasteiger partial charge in [-0.2, -0.15) is 5.26 Å². The van der Waals surface area contributed by atoms with Crippen LogP contribution < -0.4 is 4.74 Å². The molecule has 4 rings (SSSR count). The number of allylic oxidation sites excluding steroid dienone is 1. The average Bonchev–Trinajstić information content (AvgIpc) is 3.21. The molecular formula is C22H12FN5O5. The highest BCUT2D eigenvalue weighted by atomic mass is 19.1. The van der Waals surface area contributed by atoms with Crippen LogP contribution in [0, 0.1) is 37.4 Å². The van der Waals surface area contributed by atoms with E-state index in [1.54, 1.807) is 18.2 Å². The van der Waals surface area contributed by atoms with E-state index in [4.69, 9.17) is 4.74 Å². The first kappa shape index (κ1) is 21.1. The first-order chi connectivity index (χ1) is 15.8. The summed E-state index contributed by atoms with van der Waals surface area (Å²) in [6.07, 6.45) is 1.56. The Balaban J connectivity index is 1.59. The van der Waals surface area contributed by atoms with Gasteiger partial charge in [0.15, 0.2) is 0 Å². The Morgan fingerprint density at radius 1 is 1.06 bits per heavy atom. The van der Waals surface area contributed by atoms with E-state index in [1.807, 2.05) is 6.07 Å². The van der Waals surface area contributed by atoms with E-state index in [9.17, 15) is 29.9 Å². The van der Waals surface area contributed by atoms with Gasteiger partial charge in [0.1, 0.15) is 23.5 Å². The Kier molecular flexibility index (Phi) is 5.48. The average molecular weight is 445 g/mol. The number of benzene rings is 3. The van der Waals surface area contributed by atoms with Crippen molar-refractivity contribution in [2.24, 2.45) is 0 Å². The number of ether oxygens (including phenoxy) is 1.